The Morgan fingerprint density at radius 2 is 1.68 bits per heavy atom. The van der Waals surface area contributed by atoms with E-state index in [-0.39, 0.29) is 11.8 Å². The van der Waals surface area contributed by atoms with Crippen LogP contribution >= 0.6 is 11.6 Å². The highest BCUT2D eigenvalue weighted by atomic mass is 35.5. The van der Waals surface area contributed by atoms with Gasteiger partial charge in [0.1, 0.15) is 0 Å². The molecule has 1 heterocycles. The number of nitrogens with two attached hydrogens (primary N) is 1. The number of benzene rings is 3. The average molecular weight is 430 g/mol. The molecule has 0 spiro atoms. The van der Waals surface area contributed by atoms with Crippen molar-refractivity contribution in [2.45, 2.75) is 24.8 Å². The first-order valence-corrected chi connectivity index (χ1v) is 11.0. The van der Waals surface area contributed by atoms with Gasteiger partial charge in [-0.05, 0) is 65.6 Å². The quantitative estimate of drug-likeness (QED) is 0.598. The molecule has 1 amide bonds. The molecule has 3 aromatic carbocycles. The molecule has 5 heteroatoms. The van der Waals surface area contributed by atoms with Crippen LogP contribution in [0.5, 0.6) is 0 Å². The second kappa shape index (κ2) is 7.86. The predicted molar refractivity (Wildman–Crippen MR) is 125 cm³/mol. The number of guanidine groups is 1. The van der Waals surface area contributed by atoms with Crippen molar-refractivity contribution < 1.29 is 4.79 Å². The Balaban J connectivity index is 1.48. The lowest BCUT2D eigenvalue weighted by molar-refractivity contribution is -0.132. The summed E-state index contributed by atoms with van der Waals surface area (Å²) < 4.78 is 0. The van der Waals surface area contributed by atoms with Crippen molar-refractivity contribution in [1.82, 2.24) is 4.90 Å². The van der Waals surface area contributed by atoms with E-state index in [4.69, 9.17) is 22.3 Å². The summed E-state index contributed by atoms with van der Waals surface area (Å²) in [7, 11) is 0. The number of halogens is 1. The lowest BCUT2D eigenvalue weighted by Crippen LogP contribution is -2.44. The molecular formula is C26H24ClN3O. The van der Waals surface area contributed by atoms with Crippen molar-refractivity contribution in [2.24, 2.45) is 16.6 Å². The molecule has 2 aliphatic rings. The molecule has 0 bridgehead atoms. The first-order chi connectivity index (χ1) is 15.1. The van der Waals surface area contributed by atoms with Gasteiger partial charge in [-0.25, -0.2) is 4.99 Å². The smallest absolute Gasteiger partial charge is 0.262 e. The highest BCUT2D eigenvalue weighted by Crippen LogP contribution is 2.52. The number of hydrogen-bond acceptors (Lipinski definition) is 3. The van der Waals surface area contributed by atoms with Crippen LogP contribution in [0.3, 0.4) is 0 Å². The van der Waals surface area contributed by atoms with Crippen molar-refractivity contribution in [2.75, 3.05) is 6.54 Å². The first kappa shape index (κ1) is 19.8. The highest BCUT2D eigenvalue weighted by molar-refractivity contribution is 6.30. The number of amides is 1. The van der Waals surface area contributed by atoms with Gasteiger partial charge in [0.15, 0.2) is 11.5 Å². The van der Waals surface area contributed by atoms with Crippen molar-refractivity contribution in [1.29, 1.82) is 0 Å². The Labute approximate surface area is 187 Å². The summed E-state index contributed by atoms with van der Waals surface area (Å²) in [5.41, 5.74) is 9.51. The summed E-state index contributed by atoms with van der Waals surface area (Å²) in [6.07, 6.45) is 2.71. The van der Waals surface area contributed by atoms with Gasteiger partial charge < -0.3 is 5.73 Å². The van der Waals surface area contributed by atoms with Gasteiger partial charge in [-0.2, -0.15) is 0 Å². The van der Waals surface area contributed by atoms with Crippen LogP contribution in [0.4, 0.5) is 0 Å². The van der Waals surface area contributed by atoms with Crippen molar-refractivity contribution in [3.63, 3.8) is 0 Å². The Bertz CT molecular complexity index is 1160. The monoisotopic (exact) mass is 429 g/mol. The molecule has 1 aliphatic heterocycles. The number of rotatable bonds is 6. The molecule has 1 atom stereocenters. The fourth-order valence-electron chi connectivity index (χ4n) is 4.49. The van der Waals surface area contributed by atoms with Crippen LogP contribution in [0.1, 0.15) is 24.0 Å². The van der Waals surface area contributed by atoms with E-state index in [0.29, 0.717) is 17.5 Å². The summed E-state index contributed by atoms with van der Waals surface area (Å²) in [5, 5.41) is 0.686. The predicted octanol–water partition coefficient (Wildman–Crippen LogP) is 5.01. The zero-order chi connectivity index (χ0) is 21.4. The number of hydrogen-bond donors (Lipinski definition) is 1. The number of carbonyl (C=O) groups excluding carboxylic acids is 1. The standard InChI is InChI=1S/C26H24ClN3O/c27-23-11-5-9-20(17-23)19-8-4-10-22(16-19)26(21-12-13-21)24(31)30(25(28)29-26)15-14-18-6-2-1-3-7-18/h1-11,16-17,21H,12-15H2,(H2,28,29). The highest BCUT2D eigenvalue weighted by Gasteiger charge is 2.57. The van der Waals surface area contributed by atoms with Crippen molar-refractivity contribution in [3.05, 3.63) is 95.0 Å². The molecule has 0 aromatic heterocycles. The molecule has 0 radical (unpaired) electrons. The minimum absolute atomic E-state index is 0.00771. The van der Waals surface area contributed by atoms with E-state index in [1.165, 1.54) is 5.56 Å². The largest absolute Gasteiger partial charge is 0.369 e. The lowest BCUT2D eigenvalue weighted by Gasteiger charge is -2.27. The fourth-order valence-corrected chi connectivity index (χ4v) is 4.69. The van der Waals surface area contributed by atoms with Crippen LogP contribution in [0.25, 0.3) is 11.1 Å². The molecule has 1 fully saturated rings. The molecule has 3 aromatic rings. The molecular weight excluding hydrogens is 406 g/mol. The average Bonchev–Trinajstić information content (AvgIpc) is 3.60. The third-order valence-electron chi connectivity index (χ3n) is 6.23. The molecule has 156 valence electrons. The summed E-state index contributed by atoms with van der Waals surface area (Å²) in [6.45, 7) is 0.528. The van der Waals surface area contributed by atoms with E-state index >= 15 is 0 Å². The Morgan fingerprint density at radius 1 is 0.968 bits per heavy atom. The van der Waals surface area contributed by atoms with E-state index in [1.807, 2.05) is 60.7 Å². The van der Waals surface area contributed by atoms with E-state index in [2.05, 4.69) is 18.2 Å². The van der Waals surface area contributed by atoms with Gasteiger partial charge in [-0.15, -0.1) is 0 Å². The van der Waals surface area contributed by atoms with Crippen LogP contribution < -0.4 is 5.73 Å². The molecule has 1 unspecified atom stereocenters. The zero-order valence-electron chi connectivity index (χ0n) is 17.2. The lowest BCUT2D eigenvalue weighted by atomic mass is 9.83. The van der Waals surface area contributed by atoms with Crippen LogP contribution in [0, 0.1) is 5.92 Å². The maximum Gasteiger partial charge on any atom is 0.262 e. The number of nitrogens with zero attached hydrogens (tertiary/aromatic N) is 2. The first-order valence-electron chi connectivity index (χ1n) is 10.7. The van der Waals surface area contributed by atoms with Crippen LogP contribution in [0.15, 0.2) is 83.9 Å². The second-order valence-electron chi connectivity index (χ2n) is 8.29. The number of carbonyl (C=O) groups is 1. The molecule has 31 heavy (non-hydrogen) atoms. The Morgan fingerprint density at radius 3 is 2.39 bits per heavy atom. The molecule has 0 saturated heterocycles. The maximum atomic E-state index is 13.8. The topological polar surface area (TPSA) is 58.7 Å². The van der Waals surface area contributed by atoms with Gasteiger partial charge in [-0.3, -0.25) is 9.69 Å². The van der Waals surface area contributed by atoms with Gasteiger partial charge in [0, 0.05) is 11.6 Å². The normalized spacial score (nSPS) is 20.7. The molecule has 1 saturated carbocycles. The SMILES string of the molecule is NC1=NC(c2cccc(-c3cccc(Cl)c3)c2)(C2CC2)C(=O)N1CCc1ccccc1. The van der Waals surface area contributed by atoms with Gasteiger partial charge in [0.25, 0.3) is 5.91 Å². The summed E-state index contributed by atoms with van der Waals surface area (Å²) in [4.78, 5) is 20.2. The zero-order valence-corrected chi connectivity index (χ0v) is 17.9. The second-order valence-corrected chi connectivity index (χ2v) is 8.73. The molecule has 1 aliphatic carbocycles. The van der Waals surface area contributed by atoms with E-state index in [9.17, 15) is 4.79 Å². The van der Waals surface area contributed by atoms with E-state index in [1.54, 1.807) is 4.90 Å². The van der Waals surface area contributed by atoms with E-state index in [0.717, 1.165) is 36.0 Å². The van der Waals surface area contributed by atoms with Crippen molar-refractivity contribution >= 4 is 23.5 Å². The minimum Gasteiger partial charge on any atom is -0.369 e. The molecule has 2 N–H and O–H groups in total. The summed E-state index contributed by atoms with van der Waals surface area (Å²) in [6, 6.07) is 26.0. The van der Waals surface area contributed by atoms with Crippen LogP contribution in [-0.2, 0) is 16.8 Å². The van der Waals surface area contributed by atoms with Crippen LogP contribution in [0.2, 0.25) is 5.02 Å². The van der Waals surface area contributed by atoms with E-state index < -0.39 is 5.54 Å². The van der Waals surface area contributed by atoms with Gasteiger partial charge in [0.2, 0.25) is 0 Å². The summed E-state index contributed by atoms with van der Waals surface area (Å²) >= 11 is 6.20. The maximum absolute atomic E-state index is 13.8. The van der Waals surface area contributed by atoms with Gasteiger partial charge in [0.05, 0.1) is 0 Å². The molecule has 5 rings (SSSR count). The van der Waals surface area contributed by atoms with Crippen molar-refractivity contribution in [3.8, 4) is 11.1 Å². The molecule has 4 nitrogen and oxygen atoms in total. The minimum atomic E-state index is -0.921. The van der Waals surface area contributed by atoms with Crippen LogP contribution in [-0.4, -0.2) is 23.3 Å². The van der Waals surface area contributed by atoms with Gasteiger partial charge in [-0.1, -0.05) is 72.3 Å². The Kier molecular flexibility index (Phi) is 5.03. The third-order valence-corrected chi connectivity index (χ3v) is 6.47. The fraction of sp³-hybridized carbons (Fsp3) is 0.231. The number of aliphatic imine (C=N–C) groups is 1. The third kappa shape index (κ3) is 3.61. The summed E-state index contributed by atoms with van der Waals surface area (Å²) in [5.74, 6) is 0.502. The Hall–Kier alpha value is -3.11. The van der Waals surface area contributed by atoms with Gasteiger partial charge >= 0.3 is 0 Å².